The van der Waals surface area contributed by atoms with Gasteiger partial charge < -0.3 is 5.32 Å². The number of nitrogens with one attached hydrogen (secondary N) is 1. The third-order valence-electron chi connectivity index (χ3n) is 6.94. The zero-order chi connectivity index (χ0) is 27.5. The zero-order valence-electron chi connectivity index (χ0n) is 20.2. The highest BCUT2D eigenvalue weighted by atomic mass is 32.2. The van der Waals surface area contributed by atoms with Gasteiger partial charge in [-0.2, -0.15) is 34.8 Å². The average Bonchev–Trinajstić information content (AvgIpc) is 3.54. The maximum atomic E-state index is 11.5. The van der Waals surface area contributed by atoms with Crippen LogP contribution in [0, 0.1) is 11.3 Å². The lowest BCUT2D eigenvalue weighted by atomic mass is 9.84. The summed E-state index contributed by atoms with van der Waals surface area (Å²) in [6.45, 7) is 2.44. The fourth-order valence-corrected chi connectivity index (χ4v) is 7.37. The maximum Gasteiger partial charge on any atom is 0.277 e. The quantitative estimate of drug-likeness (QED) is 0.275. The van der Waals surface area contributed by atoms with E-state index in [0.717, 1.165) is 25.9 Å². The standard InChI is InChI=1S/C19H27N5O2S.C2H6O6S2/c20-9-8-19(13-24(14-19)27(21,25)26)23-10-6-16(7-11-23)22-18-12-17(18)15-4-2-1-3-5-15;3-9(4,5)1-2-10(6,7)8/h1-5,16-18,22H,6-8,10-14H2,(H2,21,25,26);1-2H2,(H,3,4,5)(H,6,7,8)/t17-,18+;/m0./s1. The van der Waals surface area contributed by atoms with Crippen LogP contribution in [0.1, 0.15) is 37.2 Å². The molecule has 16 heteroatoms. The van der Waals surface area contributed by atoms with Crippen LogP contribution in [0.15, 0.2) is 30.3 Å². The maximum absolute atomic E-state index is 11.5. The number of piperidine rings is 1. The number of hydrogen-bond acceptors (Lipinski definition) is 9. The van der Waals surface area contributed by atoms with Crippen LogP contribution in [0.25, 0.3) is 0 Å². The van der Waals surface area contributed by atoms with E-state index in [0.29, 0.717) is 37.5 Å². The predicted molar refractivity (Wildman–Crippen MR) is 136 cm³/mol. The van der Waals surface area contributed by atoms with E-state index in [2.05, 4.69) is 46.6 Å². The van der Waals surface area contributed by atoms with Crippen molar-refractivity contribution in [3.05, 3.63) is 35.9 Å². The molecule has 0 unspecified atom stereocenters. The highest BCUT2D eigenvalue weighted by molar-refractivity contribution is 7.89. The van der Waals surface area contributed by atoms with E-state index in [1.807, 2.05) is 0 Å². The third-order valence-corrected chi connectivity index (χ3v) is 9.62. The van der Waals surface area contributed by atoms with E-state index in [1.165, 1.54) is 16.3 Å². The molecular weight excluding hydrogens is 546 g/mol. The van der Waals surface area contributed by atoms with Crippen LogP contribution >= 0.6 is 0 Å². The molecule has 3 aliphatic rings. The molecule has 2 saturated heterocycles. The first kappa shape index (κ1) is 29.9. The molecule has 13 nitrogen and oxygen atoms in total. The molecule has 2 atom stereocenters. The van der Waals surface area contributed by atoms with Crippen LogP contribution in [0.2, 0.25) is 0 Å². The molecule has 0 aromatic heterocycles. The van der Waals surface area contributed by atoms with Crippen LogP contribution in [-0.2, 0) is 30.4 Å². The van der Waals surface area contributed by atoms with Gasteiger partial charge in [0.2, 0.25) is 0 Å². The van der Waals surface area contributed by atoms with E-state index < -0.39 is 42.0 Å². The SMILES string of the molecule is N#CCC1(N2CCC(N[C@@H]3C[C@H]3c3ccccc3)CC2)CN(S(N)(=O)=O)C1.O=S(=O)(O)CCS(=O)(=O)O. The molecule has 3 fully saturated rings. The minimum Gasteiger partial charge on any atom is -0.311 e. The smallest absolute Gasteiger partial charge is 0.277 e. The van der Waals surface area contributed by atoms with Crippen molar-refractivity contribution in [3.8, 4) is 6.07 Å². The van der Waals surface area contributed by atoms with Crippen LogP contribution in [0.4, 0.5) is 0 Å². The van der Waals surface area contributed by atoms with E-state index in [9.17, 15) is 30.5 Å². The Hall–Kier alpha value is -1.68. The molecular formula is C21H33N5O8S3. The Morgan fingerprint density at radius 3 is 2.00 bits per heavy atom. The summed E-state index contributed by atoms with van der Waals surface area (Å²) in [6, 6.07) is 14.0. The Bertz CT molecular complexity index is 1250. The summed E-state index contributed by atoms with van der Waals surface area (Å²) in [4.78, 5) is 2.30. The van der Waals surface area contributed by atoms with Gasteiger partial charge in [0.15, 0.2) is 0 Å². The van der Waals surface area contributed by atoms with Crippen molar-refractivity contribution >= 4 is 30.4 Å². The first-order valence-corrected chi connectivity index (χ1v) is 16.5. The monoisotopic (exact) mass is 579 g/mol. The summed E-state index contributed by atoms with van der Waals surface area (Å²) in [6.07, 6.45) is 3.60. The molecule has 1 aromatic carbocycles. The van der Waals surface area contributed by atoms with Gasteiger partial charge in [0.1, 0.15) is 0 Å². The Morgan fingerprint density at radius 1 is 1.00 bits per heavy atom. The fourth-order valence-electron chi connectivity index (χ4n) is 4.84. The van der Waals surface area contributed by atoms with E-state index in [4.69, 9.17) is 14.2 Å². The van der Waals surface area contributed by atoms with Gasteiger partial charge in [-0.1, -0.05) is 30.3 Å². The fraction of sp³-hybridized carbons (Fsp3) is 0.667. The van der Waals surface area contributed by atoms with Gasteiger partial charge in [0.05, 0.1) is 29.5 Å². The molecule has 0 bridgehead atoms. The summed E-state index contributed by atoms with van der Waals surface area (Å²) in [5, 5.41) is 18.2. The average molecular weight is 580 g/mol. The molecule has 37 heavy (non-hydrogen) atoms. The van der Waals surface area contributed by atoms with E-state index in [-0.39, 0.29) is 5.54 Å². The highest BCUT2D eigenvalue weighted by Gasteiger charge is 2.51. The molecule has 1 saturated carbocycles. The van der Waals surface area contributed by atoms with Crippen LogP contribution in [0.3, 0.4) is 0 Å². The second-order valence-electron chi connectivity index (χ2n) is 9.73. The molecule has 4 rings (SSSR count). The Balaban J connectivity index is 0.000000325. The van der Waals surface area contributed by atoms with E-state index >= 15 is 0 Å². The zero-order valence-corrected chi connectivity index (χ0v) is 22.6. The number of likely N-dealkylation sites (tertiary alicyclic amines) is 1. The van der Waals surface area contributed by atoms with Crippen LogP contribution in [-0.4, -0.2) is 98.9 Å². The molecule has 0 spiro atoms. The van der Waals surface area contributed by atoms with Crippen molar-refractivity contribution in [2.75, 3.05) is 37.7 Å². The number of hydrogen-bond donors (Lipinski definition) is 4. The van der Waals surface area contributed by atoms with Gasteiger partial charge >= 0.3 is 0 Å². The number of nitrogens with two attached hydrogens (primary N) is 1. The van der Waals surface area contributed by atoms with Gasteiger partial charge in [-0.3, -0.25) is 14.0 Å². The lowest BCUT2D eigenvalue weighted by Gasteiger charge is -2.55. The molecule has 208 valence electrons. The molecule has 5 N–H and O–H groups in total. The molecule has 1 aromatic rings. The van der Waals surface area contributed by atoms with Crippen molar-refractivity contribution in [2.24, 2.45) is 5.14 Å². The second kappa shape index (κ2) is 11.6. The minimum atomic E-state index is -4.30. The van der Waals surface area contributed by atoms with Crippen molar-refractivity contribution in [1.82, 2.24) is 14.5 Å². The second-order valence-corrected chi connectivity index (χ2v) is 14.4. The topological polar surface area (TPSA) is 211 Å². The molecule has 0 amide bonds. The summed E-state index contributed by atoms with van der Waals surface area (Å²) >= 11 is 0. The first-order valence-electron chi connectivity index (χ1n) is 11.7. The van der Waals surface area contributed by atoms with Gasteiger partial charge in [-0.05, 0) is 24.8 Å². The Labute approximate surface area is 218 Å². The number of rotatable bonds is 9. The molecule has 0 radical (unpaired) electrons. The van der Waals surface area contributed by atoms with Gasteiger partial charge in [0.25, 0.3) is 30.4 Å². The van der Waals surface area contributed by atoms with Crippen molar-refractivity contribution in [1.29, 1.82) is 5.26 Å². The summed E-state index contributed by atoms with van der Waals surface area (Å²) in [7, 11) is -12.3. The lowest BCUT2D eigenvalue weighted by molar-refractivity contribution is -0.0255. The van der Waals surface area contributed by atoms with E-state index in [1.54, 1.807) is 0 Å². The Morgan fingerprint density at radius 2 is 1.54 bits per heavy atom. The number of benzene rings is 1. The summed E-state index contributed by atoms with van der Waals surface area (Å²) in [5.41, 5.74) is 1.05. The molecule has 2 heterocycles. The van der Waals surface area contributed by atoms with Crippen molar-refractivity contribution < 1.29 is 34.4 Å². The highest BCUT2D eigenvalue weighted by Crippen LogP contribution is 2.42. The van der Waals surface area contributed by atoms with Crippen molar-refractivity contribution in [3.63, 3.8) is 0 Å². The third kappa shape index (κ3) is 8.94. The van der Waals surface area contributed by atoms with Crippen LogP contribution in [0.5, 0.6) is 0 Å². The van der Waals surface area contributed by atoms with Gasteiger partial charge in [-0.25, -0.2) is 5.14 Å². The van der Waals surface area contributed by atoms with Crippen LogP contribution < -0.4 is 10.5 Å². The van der Waals surface area contributed by atoms with Crippen molar-refractivity contribution in [2.45, 2.75) is 49.2 Å². The normalized spacial score (nSPS) is 24.8. The summed E-state index contributed by atoms with van der Waals surface area (Å²) in [5.74, 6) is -1.33. The number of nitrogens with zero attached hydrogens (tertiary/aromatic N) is 3. The molecule has 2 aliphatic heterocycles. The first-order chi connectivity index (χ1) is 17.1. The predicted octanol–water partition coefficient (Wildman–Crippen LogP) is -0.470. The largest absolute Gasteiger partial charge is 0.311 e. The summed E-state index contributed by atoms with van der Waals surface area (Å²) < 4.78 is 79.7. The number of nitriles is 1. The minimum absolute atomic E-state index is 0.330. The van der Waals surface area contributed by atoms with Gasteiger partial charge in [0, 0.05) is 44.2 Å². The lowest BCUT2D eigenvalue weighted by Crippen LogP contribution is -2.73. The molecule has 1 aliphatic carbocycles. The Kier molecular flexibility index (Phi) is 9.36. The van der Waals surface area contributed by atoms with Gasteiger partial charge in [-0.15, -0.1) is 0 Å².